The first kappa shape index (κ1) is 17.9. The molecule has 1 heterocycles. The van der Waals surface area contributed by atoms with Gasteiger partial charge in [0.2, 0.25) is 0 Å². The van der Waals surface area contributed by atoms with E-state index in [4.69, 9.17) is 5.11 Å². The van der Waals surface area contributed by atoms with Gasteiger partial charge >= 0.3 is 5.97 Å². The maximum Gasteiger partial charge on any atom is 0.318 e. The van der Waals surface area contributed by atoms with Crippen molar-refractivity contribution in [1.82, 2.24) is 4.90 Å². The third kappa shape index (κ3) is 6.27. The van der Waals surface area contributed by atoms with Crippen LogP contribution in [0.5, 0.6) is 0 Å². The first-order valence-corrected chi connectivity index (χ1v) is 9.55. The van der Waals surface area contributed by atoms with Crippen molar-refractivity contribution in [3.8, 4) is 0 Å². The van der Waals surface area contributed by atoms with Crippen LogP contribution in [0.3, 0.4) is 0 Å². The second kappa shape index (κ2) is 7.88. The zero-order valence-electron chi connectivity index (χ0n) is 12.9. The van der Waals surface area contributed by atoms with Crippen molar-refractivity contribution in [2.45, 2.75) is 19.3 Å². The average Bonchev–Trinajstić information content (AvgIpc) is 2.48. The lowest BCUT2D eigenvalue weighted by molar-refractivity contribution is -0.134. The average molecular weight is 343 g/mol. The Bertz CT molecular complexity index is 622. The van der Waals surface area contributed by atoms with Crippen LogP contribution in [0.4, 0.5) is 4.39 Å². The van der Waals surface area contributed by atoms with Crippen LogP contribution in [-0.2, 0) is 21.1 Å². The third-order valence-corrected chi connectivity index (χ3v) is 5.70. The number of sulfone groups is 1. The maximum absolute atomic E-state index is 12.9. The fourth-order valence-electron chi connectivity index (χ4n) is 2.90. The summed E-state index contributed by atoms with van der Waals surface area (Å²) in [5.74, 6) is -1.92. The minimum atomic E-state index is -3.52. The molecule has 7 heteroatoms. The van der Waals surface area contributed by atoms with E-state index in [1.807, 2.05) is 0 Å². The number of likely N-dealkylation sites (tertiary alicyclic amines) is 1. The monoisotopic (exact) mass is 343 g/mol. The predicted octanol–water partition coefficient (Wildman–Crippen LogP) is 1.58. The Morgan fingerprint density at radius 2 is 1.83 bits per heavy atom. The van der Waals surface area contributed by atoms with Gasteiger partial charge < -0.3 is 10.0 Å². The number of hydrogen-bond acceptors (Lipinski definition) is 4. The SMILES string of the molecule is O=C(O)CS(=O)(=O)CCN1CCC(Cc2ccc(F)cc2)CC1. The van der Waals surface area contributed by atoms with Gasteiger partial charge in [0.15, 0.2) is 9.84 Å². The molecule has 1 aliphatic heterocycles. The molecule has 1 fully saturated rings. The van der Waals surface area contributed by atoms with E-state index in [0.29, 0.717) is 12.5 Å². The molecule has 5 nitrogen and oxygen atoms in total. The lowest BCUT2D eigenvalue weighted by Gasteiger charge is -2.31. The number of carboxylic acid groups (broad SMARTS) is 1. The molecule has 0 bridgehead atoms. The molecule has 128 valence electrons. The summed E-state index contributed by atoms with van der Waals surface area (Å²) in [6.07, 6.45) is 2.85. The molecule has 1 aromatic carbocycles. The first-order valence-electron chi connectivity index (χ1n) is 7.73. The van der Waals surface area contributed by atoms with Gasteiger partial charge in [-0.1, -0.05) is 12.1 Å². The minimum absolute atomic E-state index is 0.109. The highest BCUT2D eigenvalue weighted by molar-refractivity contribution is 7.92. The van der Waals surface area contributed by atoms with E-state index in [2.05, 4.69) is 4.90 Å². The molecule has 0 aliphatic carbocycles. The highest BCUT2D eigenvalue weighted by Crippen LogP contribution is 2.21. The van der Waals surface area contributed by atoms with Crippen molar-refractivity contribution < 1.29 is 22.7 Å². The van der Waals surface area contributed by atoms with Crippen molar-refractivity contribution in [3.05, 3.63) is 35.6 Å². The zero-order chi connectivity index (χ0) is 16.9. The van der Waals surface area contributed by atoms with E-state index in [1.165, 1.54) is 12.1 Å². The van der Waals surface area contributed by atoms with Crippen LogP contribution < -0.4 is 0 Å². The van der Waals surface area contributed by atoms with Gasteiger partial charge in [-0.3, -0.25) is 4.79 Å². The van der Waals surface area contributed by atoms with Gasteiger partial charge in [0, 0.05) is 6.54 Å². The second-order valence-electron chi connectivity index (χ2n) is 6.10. The summed E-state index contributed by atoms with van der Waals surface area (Å²) in [7, 11) is -3.52. The van der Waals surface area contributed by atoms with Crippen LogP contribution in [0.25, 0.3) is 0 Å². The number of carboxylic acids is 1. The van der Waals surface area contributed by atoms with Gasteiger partial charge in [-0.15, -0.1) is 0 Å². The molecule has 1 N–H and O–H groups in total. The summed E-state index contributed by atoms with van der Waals surface area (Å²) in [4.78, 5) is 12.6. The van der Waals surface area contributed by atoms with Crippen LogP contribution in [-0.4, -0.2) is 55.5 Å². The van der Waals surface area contributed by atoms with E-state index < -0.39 is 21.6 Å². The fraction of sp³-hybridized carbons (Fsp3) is 0.562. The Balaban J connectivity index is 1.73. The van der Waals surface area contributed by atoms with Crippen molar-refractivity contribution in [2.75, 3.05) is 31.1 Å². The molecule has 0 aromatic heterocycles. The van der Waals surface area contributed by atoms with Crippen LogP contribution in [0.2, 0.25) is 0 Å². The molecule has 1 aromatic rings. The van der Waals surface area contributed by atoms with E-state index >= 15 is 0 Å². The van der Waals surface area contributed by atoms with Gasteiger partial charge in [-0.05, 0) is 56.0 Å². The number of benzene rings is 1. The molecule has 0 spiro atoms. The second-order valence-corrected chi connectivity index (χ2v) is 8.29. The topological polar surface area (TPSA) is 74.7 Å². The van der Waals surface area contributed by atoms with Crippen LogP contribution in [0.1, 0.15) is 18.4 Å². The zero-order valence-corrected chi connectivity index (χ0v) is 13.8. The standard InChI is InChI=1S/C16H22FNO4S/c17-15-3-1-13(2-4-15)11-14-5-7-18(8-6-14)9-10-23(21,22)12-16(19)20/h1-4,14H,5-12H2,(H,19,20). The van der Waals surface area contributed by atoms with Crippen LogP contribution in [0.15, 0.2) is 24.3 Å². The molecule has 2 rings (SSSR count). The molecule has 0 amide bonds. The Hall–Kier alpha value is -1.47. The number of halogens is 1. The number of aliphatic carboxylic acids is 1. The molecule has 1 aliphatic rings. The van der Waals surface area contributed by atoms with Crippen molar-refractivity contribution >= 4 is 15.8 Å². The molecule has 0 saturated carbocycles. The Morgan fingerprint density at radius 1 is 1.22 bits per heavy atom. The third-order valence-electron chi connectivity index (χ3n) is 4.21. The normalized spacial score (nSPS) is 17.3. The fourth-order valence-corrected chi connectivity index (χ4v) is 3.95. The molecule has 0 radical (unpaired) electrons. The lowest BCUT2D eigenvalue weighted by atomic mass is 9.90. The number of rotatable bonds is 7. The Labute approximate surface area is 136 Å². The number of nitrogens with zero attached hydrogens (tertiary/aromatic N) is 1. The molecule has 0 atom stereocenters. The van der Waals surface area contributed by atoms with Gasteiger partial charge in [-0.2, -0.15) is 0 Å². The van der Waals surface area contributed by atoms with Crippen molar-refractivity contribution in [2.24, 2.45) is 5.92 Å². The molecule has 23 heavy (non-hydrogen) atoms. The smallest absolute Gasteiger partial charge is 0.318 e. The summed E-state index contributed by atoms with van der Waals surface area (Å²) in [5, 5.41) is 8.56. The van der Waals surface area contributed by atoms with Crippen LogP contribution in [0, 0.1) is 11.7 Å². The Morgan fingerprint density at radius 3 is 2.39 bits per heavy atom. The number of carbonyl (C=O) groups is 1. The summed E-state index contributed by atoms with van der Waals surface area (Å²) < 4.78 is 36.0. The highest BCUT2D eigenvalue weighted by Gasteiger charge is 2.22. The summed E-state index contributed by atoms with van der Waals surface area (Å²) in [5.41, 5.74) is 1.12. The highest BCUT2D eigenvalue weighted by atomic mass is 32.2. The maximum atomic E-state index is 12.9. The Kier molecular flexibility index (Phi) is 6.12. The van der Waals surface area contributed by atoms with E-state index in [0.717, 1.165) is 37.9 Å². The summed E-state index contributed by atoms with van der Waals surface area (Å²) in [6.45, 7) is 2.02. The largest absolute Gasteiger partial charge is 0.480 e. The number of hydrogen-bond donors (Lipinski definition) is 1. The van der Waals surface area contributed by atoms with Gasteiger partial charge in [0.05, 0.1) is 5.75 Å². The molecule has 0 unspecified atom stereocenters. The number of piperidine rings is 1. The van der Waals surface area contributed by atoms with E-state index in [-0.39, 0.29) is 11.6 Å². The quantitative estimate of drug-likeness (QED) is 0.814. The van der Waals surface area contributed by atoms with Crippen molar-refractivity contribution in [3.63, 3.8) is 0 Å². The van der Waals surface area contributed by atoms with Crippen LogP contribution >= 0.6 is 0 Å². The molecular formula is C16H22FNO4S. The van der Waals surface area contributed by atoms with E-state index in [9.17, 15) is 17.6 Å². The van der Waals surface area contributed by atoms with Gasteiger partial charge in [0.1, 0.15) is 11.6 Å². The molecular weight excluding hydrogens is 321 g/mol. The first-order chi connectivity index (χ1) is 10.8. The minimum Gasteiger partial charge on any atom is -0.480 e. The molecule has 1 saturated heterocycles. The summed E-state index contributed by atoms with van der Waals surface area (Å²) in [6, 6.07) is 6.55. The van der Waals surface area contributed by atoms with Crippen molar-refractivity contribution in [1.29, 1.82) is 0 Å². The van der Waals surface area contributed by atoms with Gasteiger partial charge in [0.25, 0.3) is 0 Å². The predicted molar refractivity (Wildman–Crippen MR) is 85.6 cm³/mol. The van der Waals surface area contributed by atoms with Gasteiger partial charge in [-0.25, -0.2) is 12.8 Å². The lowest BCUT2D eigenvalue weighted by Crippen LogP contribution is -2.38. The van der Waals surface area contributed by atoms with E-state index in [1.54, 1.807) is 12.1 Å². The summed E-state index contributed by atoms with van der Waals surface area (Å²) >= 11 is 0.